The molecule has 0 bridgehead atoms. The minimum Gasteiger partial charge on any atom is -0.295 e. The molecule has 0 spiro atoms. The average Bonchev–Trinajstić information content (AvgIpc) is 3.22. The molecule has 1 fully saturated rings. The first-order valence-electron chi connectivity index (χ1n) is 10.4. The highest BCUT2D eigenvalue weighted by Crippen LogP contribution is 2.29. The quantitative estimate of drug-likeness (QED) is 0.582. The van der Waals surface area contributed by atoms with Crippen molar-refractivity contribution in [3.8, 4) is 10.7 Å². The fourth-order valence-electron chi connectivity index (χ4n) is 4.04. The fourth-order valence-corrected chi connectivity index (χ4v) is 6.82. The van der Waals surface area contributed by atoms with Crippen molar-refractivity contribution in [1.82, 2.24) is 19.2 Å². The van der Waals surface area contributed by atoms with Crippen LogP contribution >= 0.6 is 11.3 Å². The van der Waals surface area contributed by atoms with Crippen LogP contribution in [0.5, 0.6) is 0 Å². The van der Waals surface area contributed by atoms with E-state index in [1.54, 1.807) is 21.8 Å². The number of hydrogen-bond donors (Lipinski definition) is 0. The van der Waals surface area contributed by atoms with Crippen LogP contribution in [0.1, 0.15) is 27.9 Å². The molecule has 1 saturated heterocycles. The van der Waals surface area contributed by atoms with Crippen molar-refractivity contribution in [2.75, 3.05) is 26.2 Å². The number of piperazine rings is 1. The Kier molecular flexibility index (Phi) is 6.25. The fraction of sp³-hybridized carbons (Fsp3) is 0.391. The molecule has 6 nitrogen and oxygen atoms in total. The van der Waals surface area contributed by atoms with E-state index >= 15 is 0 Å². The second-order valence-electron chi connectivity index (χ2n) is 8.13. The van der Waals surface area contributed by atoms with Crippen LogP contribution in [0.2, 0.25) is 0 Å². The van der Waals surface area contributed by atoms with E-state index < -0.39 is 10.0 Å². The first-order valence-corrected chi connectivity index (χ1v) is 12.7. The summed E-state index contributed by atoms with van der Waals surface area (Å²) in [7, 11) is -3.51. The third-order valence-corrected chi connectivity index (χ3v) is 9.13. The topological polar surface area (TPSA) is 66.4 Å². The minimum absolute atomic E-state index is 0.484. The Morgan fingerprint density at radius 3 is 2.29 bits per heavy atom. The molecule has 0 unspecified atom stereocenters. The smallest absolute Gasteiger partial charge is 0.243 e. The molecule has 1 aliphatic rings. The lowest BCUT2D eigenvalue weighted by atomic mass is 10.0. The summed E-state index contributed by atoms with van der Waals surface area (Å²) in [6.07, 6.45) is 1.77. The molecule has 8 heteroatoms. The van der Waals surface area contributed by atoms with Crippen LogP contribution < -0.4 is 0 Å². The molecule has 1 aliphatic heterocycles. The third kappa shape index (κ3) is 4.43. The zero-order valence-corrected chi connectivity index (χ0v) is 20.1. The number of thiazole rings is 1. The van der Waals surface area contributed by atoms with Gasteiger partial charge in [0.05, 0.1) is 16.3 Å². The highest BCUT2D eigenvalue weighted by molar-refractivity contribution is 7.89. The van der Waals surface area contributed by atoms with Crippen molar-refractivity contribution in [2.24, 2.45) is 0 Å². The van der Waals surface area contributed by atoms with Crippen LogP contribution in [0.25, 0.3) is 10.7 Å². The van der Waals surface area contributed by atoms with Crippen LogP contribution in [0.3, 0.4) is 0 Å². The Balaban J connectivity index is 1.44. The molecule has 31 heavy (non-hydrogen) atoms. The predicted octanol–water partition coefficient (Wildman–Crippen LogP) is 3.95. The summed E-state index contributed by atoms with van der Waals surface area (Å²) in [6.45, 7) is 10.9. The second kappa shape index (κ2) is 8.78. The molecule has 0 amide bonds. The van der Waals surface area contributed by atoms with E-state index in [9.17, 15) is 8.42 Å². The number of benzene rings is 1. The van der Waals surface area contributed by atoms with Crippen LogP contribution in [0.15, 0.2) is 40.7 Å². The van der Waals surface area contributed by atoms with Gasteiger partial charge < -0.3 is 0 Å². The Morgan fingerprint density at radius 2 is 1.68 bits per heavy atom. The summed E-state index contributed by atoms with van der Waals surface area (Å²) < 4.78 is 28.5. The van der Waals surface area contributed by atoms with Gasteiger partial charge in [-0.3, -0.25) is 9.88 Å². The van der Waals surface area contributed by atoms with E-state index in [4.69, 9.17) is 4.98 Å². The zero-order valence-electron chi connectivity index (χ0n) is 18.4. The maximum absolute atomic E-state index is 13.4. The molecular weight excluding hydrogens is 428 g/mol. The molecule has 4 rings (SSSR count). The van der Waals surface area contributed by atoms with Gasteiger partial charge in [0.2, 0.25) is 10.0 Å². The molecular formula is C23H28N4O2S2. The van der Waals surface area contributed by atoms with Crippen molar-refractivity contribution < 1.29 is 8.42 Å². The highest BCUT2D eigenvalue weighted by Gasteiger charge is 2.31. The Hall–Kier alpha value is -2.13. The summed E-state index contributed by atoms with van der Waals surface area (Å²) >= 11 is 1.59. The number of rotatable bonds is 5. The largest absolute Gasteiger partial charge is 0.295 e. The first kappa shape index (κ1) is 22.1. The van der Waals surface area contributed by atoms with Gasteiger partial charge in [-0.1, -0.05) is 12.1 Å². The van der Waals surface area contributed by atoms with Gasteiger partial charge in [0.25, 0.3) is 0 Å². The average molecular weight is 457 g/mol. The highest BCUT2D eigenvalue weighted by atomic mass is 32.2. The lowest BCUT2D eigenvalue weighted by molar-refractivity contribution is 0.180. The molecule has 3 heterocycles. The van der Waals surface area contributed by atoms with Gasteiger partial charge >= 0.3 is 0 Å². The van der Waals surface area contributed by atoms with Crippen molar-refractivity contribution in [3.05, 3.63) is 63.8 Å². The van der Waals surface area contributed by atoms with Gasteiger partial charge in [-0.2, -0.15) is 4.31 Å². The number of aryl methyl sites for hydroxylation is 2. The van der Waals surface area contributed by atoms with Crippen LogP contribution in [-0.2, 0) is 16.6 Å². The summed E-state index contributed by atoms with van der Waals surface area (Å²) in [5.74, 6) is 0. The minimum atomic E-state index is -3.51. The Morgan fingerprint density at radius 1 is 1.00 bits per heavy atom. The summed E-state index contributed by atoms with van der Waals surface area (Å²) in [4.78, 5) is 11.8. The van der Waals surface area contributed by atoms with E-state index in [0.717, 1.165) is 45.2 Å². The number of hydrogen-bond acceptors (Lipinski definition) is 6. The molecule has 164 valence electrons. The Bertz CT molecular complexity index is 1160. The standard InChI is InChI=1S/C23H28N4O2S2/c1-16-13-17(2)19(4)22(18(16)3)31(28,29)27-11-9-26(10-12-27)14-20-15-30-23(25-20)21-7-5-6-8-24-21/h5-8,13,15H,9-12,14H2,1-4H3. The normalized spacial score (nSPS) is 16.0. The lowest BCUT2D eigenvalue weighted by Crippen LogP contribution is -2.48. The summed E-state index contributed by atoms with van der Waals surface area (Å²) in [5.41, 5.74) is 5.64. The van der Waals surface area contributed by atoms with Crippen LogP contribution in [0.4, 0.5) is 0 Å². The van der Waals surface area contributed by atoms with E-state index in [2.05, 4.69) is 21.3 Å². The van der Waals surface area contributed by atoms with Crippen LogP contribution in [0, 0.1) is 27.7 Å². The maximum Gasteiger partial charge on any atom is 0.243 e. The molecule has 0 radical (unpaired) electrons. The van der Waals surface area contributed by atoms with Gasteiger partial charge in [-0.05, 0) is 62.1 Å². The van der Waals surface area contributed by atoms with E-state index in [1.807, 2.05) is 45.9 Å². The maximum atomic E-state index is 13.4. The summed E-state index contributed by atoms with van der Waals surface area (Å²) in [5, 5.41) is 2.98. The van der Waals surface area contributed by atoms with Crippen molar-refractivity contribution in [2.45, 2.75) is 39.1 Å². The van der Waals surface area contributed by atoms with Crippen LogP contribution in [-0.4, -0.2) is 53.8 Å². The number of pyridine rings is 1. The first-order chi connectivity index (χ1) is 14.8. The van der Waals surface area contributed by atoms with Crippen molar-refractivity contribution in [1.29, 1.82) is 0 Å². The molecule has 0 atom stereocenters. The SMILES string of the molecule is Cc1cc(C)c(C)c(S(=O)(=O)N2CCN(Cc3csc(-c4ccccn4)n3)CC2)c1C. The van der Waals surface area contributed by atoms with E-state index in [0.29, 0.717) is 31.1 Å². The lowest BCUT2D eigenvalue weighted by Gasteiger charge is -2.34. The molecule has 2 aromatic heterocycles. The van der Waals surface area contributed by atoms with Gasteiger partial charge in [0.1, 0.15) is 5.01 Å². The number of aromatic nitrogens is 2. The monoisotopic (exact) mass is 456 g/mol. The van der Waals surface area contributed by atoms with Crippen molar-refractivity contribution >= 4 is 21.4 Å². The zero-order chi connectivity index (χ0) is 22.2. The Labute approximate surface area is 188 Å². The predicted molar refractivity (Wildman–Crippen MR) is 125 cm³/mol. The molecule has 0 aliphatic carbocycles. The molecule has 1 aromatic carbocycles. The van der Waals surface area contributed by atoms with Gasteiger partial charge in [-0.15, -0.1) is 11.3 Å². The molecule has 0 N–H and O–H groups in total. The van der Waals surface area contributed by atoms with Gasteiger partial charge in [0.15, 0.2) is 0 Å². The summed E-state index contributed by atoms with van der Waals surface area (Å²) in [6, 6.07) is 7.88. The number of sulfonamides is 1. The number of nitrogens with zero attached hydrogens (tertiary/aromatic N) is 4. The second-order valence-corrected chi connectivity index (χ2v) is 10.9. The van der Waals surface area contributed by atoms with Gasteiger partial charge in [0, 0.05) is 44.3 Å². The van der Waals surface area contributed by atoms with Crippen molar-refractivity contribution in [3.63, 3.8) is 0 Å². The van der Waals surface area contributed by atoms with E-state index in [-0.39, 0.29) is 0 Å². The van der Waals surface area contributed by atoms with Gasteiger partial charge in [-0.25, -0.2) is 13.4 Å². The van der Waals surface area contributed by atoms with E-state index in [1.165, 1.54) is 0 Å². The third-order valence-electron chi connectivity index (χ3n) is 6.05. The molecule has 3 aromatic rings. The molecule has 0 saturated carbocycles.